The Bertz CT molecular complexity index is 788. The topological polar surface area (TPSA) is 119 Å². The van der Waals surface area contributed by atoms with E-state index in [4.69, 9.17) is 14.9 Å². The Labute approximate surface area is 137 Å². The van der Waals surface area contributed by atoms with Gasteiger partial charge in [-0.15, -0.1) is 0 Å². The van der Waals surface area contributed by atoms with Gasteiger partial charge in [0, 0.05) is 0 Å². The quantitative estimate of drug-likeness (QED) is 0.822. The summed E-state index contributed by atoms with van der Waals surface area (Å²) in [6.07, 6.45) is 0.432. The van der Waals surface area contributed by atoms with E-state index in [9.17, 15) is 14.4 Å². The van der Waals surface area contributed by atoms with E-state index in [2.05, 4.69) is 4.98 Å². The summed E-state index contributed by atoms with van der Waals surface area (Å²) in [5, 5.41) is 18.0. The normalized spacial score (nSPS) is 11.7. The zero-order valence-electron chi connectivity index (χ0n) is 13.5. The summed E-state index contributed by atoms with van der Waals surface area (Å²) in [6, 6.07) is 4.83. The zero-order valence-corrected chi connectivity index (χ0v) is 13.5. The van der Waals surface area contributed by atoms with E-state index in [1.54, 1.807) is 39.0 Å². The number of carboxylic acid groups (broad SMARTS) is 2. The molecule has 8 heteroatoms. The second-order valence-electron chi connectivity index (χ2n) is 6.31. The SMILES string of the molecule is CC(C)(C)OC(=O)n1cnc2c(CC(C(=O)O)C(=O)O)cccc21. The minimum atomic E-state index is -1.58. The fraction of sp³-hybridized carbons (Fsp3) is 0.375. The highest BCUT2D eigenvalue weighted by atomic mass is 16.6. The molecule has 0 unspecified atom stereocenters. The highest BCUT2D eigenvalue weighted by molar-refractivity contribution is 5.94. The molecule has 1 heterocycles. The van der Waals surface area contributed by atoms with E-state index in [-0.39, 0.29) is 6.42 Å². The van der Waals surface area contributed by atoms with Gasteiger partial charge in [0.25, 0.3) is 0 Å². The van der Waals surface area contributed by atoms with Crippen molar-refractivity contribution >= 4 is 29.1 Å². The van der Waals surface area contributed by atoms with Crippen LogP contribution in [0.3, 0.4) is 0 Å². The van der Waals surface area contributed by atoms with Crippen LogP contribution < -0.4 is 0 Å². The summed E-state index contributed by atoms with van der Waals surface area (Å²) < 4.78 is 6.49. The molecule has 0 bridgehead atoms. The molecule has 0 spiro atoms. The number of nitrogens with zero attached hydrogens (tertiary/aromatic N) is 2. The number of rotatable bonds is 4. The first-order valence-electron chi connectivity index (χ1n) is 7.24. The van der Waals surface area contributed by atoms with Crippen LogP contribution in [-0.2, 0) is 20.7 Å². The fourth-order valence-corrected chi connectivity index (χ4v) is 2.22. The van der Waals surface area contributed by atoms with Gasteiger partial charge in [0.2, 0.25) is 0 Å². The summed E-state index contributed by atoms with van der Waals surface area (Å²) in [5.41, 5.74) is 0.556. The van der Waals surface area contributed by atoms with Crippen LogP contribution in [-0.4, -0.2) is 43.4 Å². The number of fused-ring (bicyclic) bond motifs is 1. The van der Waals surface area contributed by atoms with Crippen molar-refractivity contribution in [2.75, 3.05) is 0 Å². The molecule has 0 aliphatic rings. The molecule has 0 saturated heterocycles. The maximum Gasteiger partial charge on any atom is 0.420 e. The van der Waals surface area contributed by atoms with Gasteiger partial charge in [0.15, 0.2) is 5.92 Å². The van der Waals surface area contributed by atoms with E-state index in [0.717, 1.165) is 0 Å². The van der Waals surface area contributed by atoms with E-state index in [0.29, 0.717) is 16.6 Å². The Hall–Kier alpha value is -2.90. The first kappa shape index (κ1) is 17.5. The van der Waals surface area contributed by atoms with E-state index in [1.165, 1.54) is 10.9 Å². The molecule has 0 amide bonds. The molecule has 0 fully saturated rings. The predicted octanol–water partition coefficient (Wildman–Crippen LogP) is 2.15. The van der Waals surface area contributed by atoms with Crippen LogP contribution in [0.25, 0.3) is 11.0 Å². The first-order valence-corrected chi connectivity index (χ1v) is 7.24. The van der Waals surface area contributed by atoms with Crippen molar-refractivity contribution in [1.82, 2.24) is 9.55 Å². The molecular weight excluding hydrogens is 316 g/mol. The number of benzene rings is 1. The lowest BCUT2D eigenvalue weighted by molar-refractivity contribution is -0.154. The molecule has 128 valence electrons. The van der Waals surface area contributed by atoms with Crippen molar-refractivity contribution < 1.29 is 29.3 Å². The number of hydrogen-bond acceptors (Lipinski definition) is 5. The third-order valence-electron chi connectivity index (χ3n) is 3.27. The number of carbonyl (C=O) groups excluding carboxylic acids is 1. The molecule has 0 radical (unpaired) electrons. The molecule has 1 aromatic heterocycles. The molecular formula is C16H18N2O6. The maximum atomic E-state index is 12.2. The number of aromatic nitrogens is 2. The van der Waals surface area contributed by atoms with Gasteiger partial charge in [-0.1, -0.05) is 12.1 Å². The highest BCUT2D eigenvalue weighted by Gasteiger charge is 2.27. The highest BCUT2D eigenvalue weighted by Crippen LogP contribution is 2.22. The minimum Gasteiger partial charge on any atom is -0.481 e. The Morgan fingerprint density at radius 2 is 1.83 bits per heavy atom. The van der Waals surface area contributed by atoms with Crippen molar-refractivity contribution in [3.8, 4) is 0 Å². The Morgan fingerprint density at radius 1 is 1.21 bits per heavy atom. The van der Waals surface area contributed by atoms with Crippen molar-refractivity contribution in [2.45, 2.75) is 32.8 Å². The summed E-state index contributed by atoms with van der Waals surface area (Å²) in [6.45, 7) is 5.21. The first-order chi connectivity index (χ1) is 11.1. The van der Waals surface area contributed by atoms with Gasteiger partial charge in [-0.25, -0.2) is 14.3 Å². The third kappa shape index (κ3) is 3.70. The summed E-state index contributed by atoms with van der Waals surface area (Å²) in [5.74, 6) is -4.43. The number of hydrogen-bond donors (Lipinski definition) is 2. The number of carboxylic acids is 2. The minimum absolute atomic E-state index is 0.229. The molecule has 2 N–H and O–H groups in total. The van der Waals surface area contributed by atoms with E-state index < -0.39 is 29.6 Å². The number of carbonyl (C=O) groups is 3. The molecule has 0 aliphatic heterocycles. The summed E-state index contributed by atoms with van der Waals surface area (Å²) >= 11 is 0. The number of para-hydroxylation sites is 1. The molecule has 2 rings (SSSR count). The van der Waals surface area contributed by atoms with Crippen molar-refractivity contribution in [3.05, 3.63) is 30.1 Å². The molecule has 0 aliphatic carbocycles. The van der Waals surface area contributed by atoms with Gasteiger partial charge in [-0.3, -0.25) is 9.59 Å². The monoisotopic (exact) mass is 334 g/mol. The lowest BCUT2D eigenvalue weighted by Gasteiger charge is -2.19. The van der Waals surface area contributed by atoms with Crippen LogP contribution in [0, 0.1) is 5.92 Å². The van der Waals surface area contributed by atoms with Gasteiger partial charge in [-0.05, 0) is 38.8 Å². The van der Waals surface area contributed by atoms with Crippen LogP contribution in [0.5, 0.6) is 0 Å². The average Bonchev–Trinajstić information content (AvgIpc) is 2.86. The predicted molar refractivity (Wildman–Crippen MR) is 83.8 cm³/mol. The largest absolute Gasteiger partial charge is 0.481 e. The molecule has 0 atom stereocenters. The molecule has 24 heavy (non-hydrogen) atoms. The maximum absolute atomic E-state index is 12.2. The molecule has 8 nitrogen and oxygen atoms in total. The van der Waals surface area contributed by atoms with Crippen molar-refractivity contribution in [2.24, 2.45) is 5.92 Å². The Balaban J connectivity index is 2.40. The molecule has 2 aromatic rings. The van der Waals surface area contributed by atoms with Crippen LogP contribution in [0.15, 0.2) is 24.5 Å². The van der Waals surface area contributed by atoms with Gasteiger partial charge < -0.3 is 14.9 Å². The number of ether oxygens (including phenoxy) is 1. The van der Waals surface area contributed by atoms with Crippen LogP contribution in [0.2, 0.25) is 0 Å². The standard InChI is InChI=1S/C16H18N2O6/c1-16(2,3)24-15(23)18-8-17-12-9(5-4-6-11(12)18)7-10(13(19)20)14(21)22/h4-6,8,10H,7H2,1-3H3,(H,19,20)(H,21,22). The third-order valence-corrected chi connectivity index (χ3v) is 3.27. The van der Waals surface area contributed by atoms with Crippen molar-refractivity contribution in [1.29, 1.82) is 0 Å². The summed E-state index contributed by atoms with van der Waals surface area (Å²) in [4.78, 5) is 38.5. The second kappa shape index (κ2) is 6.31. The molecule has 1 aromatic carbocycles. The smallest absolute Gasteiger partial charge is 0.420 e. The molecule has 0 saturated carbocycles. The van der Waals surface area contributed by atoms with Gasteiger partial charge in [0.1, 0.15) is 11.9 Å². The Kier molecular flexibility index (Phi) is 4.59. The summed E-state index contributed by atoms with van der Waals surface area (Å²) in [7, 11) is 0. The lowest BCUT2D eigenvalue weighted by atomic mass is 9.98. The average molecular weight is 334 g/mol. The van der Waals surface area contributed by atoms with Crippen LogP contribution in [0.1, 0.15) is 26.3 Å². The van der Waals surface area contributed by atoms with E-state index in [1.807, 2.05) is 0 Å². The second-order valence-corrected chi connectivity index (χ2v) is 6.31. The number of aliphatic carboxylic acids is 2. The van der Waals surface area contributed by atoms with Gasteiger partial charge in [-0.2, -0.15) is 0 Å². The van der Waals surface area contributed by atoms with Crippen molar-refractivity contribution in [3.63, 3.8) is 0 Å². The fourth-order valence-electron chi connectivity index (χ4n) is 2.22. The zero-order chi connectivity index (χ0) is 18.1. The Morgan fingerprint density at radius 3 is 2.38 bits per heavy atom. The van der Waals surface area contributed by atoms with Gasteiger partial charge >= 0.3 is 18.0 Å². The van der Waals surface area contributed by atoms with E-state index >= 15 is 0 Å². The van der Waals surface area contributed by atoms with Crippen LogP contribution >= 0.6 is 0 Å². The number of imidazole rings is 1. The van der Waals surface area contributed by atoms with Gasteiger partial charge in [0.05, 0.1) is 11.0 Å². The lowest BCUT2D eigenvalue weighted by Crippen LogP contribution is -2.26. The van der Waals surface area contributed by atoms with Crippen LogP contribution in [0.4, 0.5) is 4.79 Å².